The highest BCUT2D eigenvalue weighted by atomic mass is 16.6. The summed E-state index contributed by atoms with van der Waals surface area (Å²) in [6.45, 7) is 9.73. The number of carbonyl (C=O) groups is 2. The molecule has 0 fully saturated rings. The Morgan fingerprint density at radius 1 is 0.588 bits per heavy atom. The number of fused-ring (bicyclic) bond motifs is 6. The number of hydrogen-bond donors (Lipinski definition) is 0. The lowest BCUT2D eigenvalue weighted by molar-refractivity contribution is 0.0450. The van der Waals surface area contributed by atoms with Gasteiger partial charge in [0.2, 0.25) is 0 Å². The van der Waals surface area contributed by atoms with Gasteiger partial charge in [0.15, 0.2) is 11.5 Å². The van der Waals surface area contributed by atoms with Crippen molar-refractivity contribution in [3.63, 3.8) is 0 Å². The van der Waals surface area contributed by atoms with E-state index >= 15 is 0 Å². The summed E-state index contributed by atoms with van der Waals surface area (Å²) in [5, 5.41) is 5.64. The van der Waals surface area contributed by atoms with Gasteiger partial charge >= 0.3 is 11.9 Å². The molecule has 1 aliphatic carbocycles. The standard InChI is InChI=1S/C28H44O5.C18H16/c1-21(2)15-11-7-5-9-13-17-31-27(29)23-19-25-26(33-25)20-24(23)28(30)32-18-14-10-6-8-12-16-22(3)4;1-3-7-15-13(5-1)9-11-18-16-8-4-2-6-14(16)10-12-17(15)18/h19-22H,5-18H2,1-4H3;1,3,5,7,9-12H,2,4,6,8H2. The van der Waals surface area contributed by atoms with Crippen LogP contribution in [0.4, 0.5) is 0 Å². The summed E-state index contributed by atoms with van der Waals surface area (Å²) in [5.74, 6) is 1.81. The molecule has 0 aromatic heterocycles. The first-order chi connectivity index (χ1) is 24.8. The third kappa shape index (κ3) is 11.6. The number of carbonyl (C=O) groups excluding carboxylic acids is 2. The van der Waals surface area contributed by atoms with Crippen LogP contribution in [0, 0.1) is 11.8 Å². The number of aryl methyl sites for hydroxylation is 2. The minimum Gasteiger partial charge on any atom is -0.462 e. The summed E-state index contributed by atoms with van der Waals surface area (Å²) in [6.07, 6.45) is 18.8. The van der Waals surface area contributed by atoms with Gasteiger partial charge in [-0.1, -0.05) is 140 Å². The molecule has 0 spiro atoms. The van der Waals surface area contributed by atoms with Crippen molar-refractivity contribution in [2.45, 2.75) is 130 Å². The lowest BCUT2D eigenvalue weighted by atomic mass is 9.86. The van der Waals surface area contributed by atoms with Gasteiger partial charge in [-0.2, -0.15) is 0 Å². The van der Waals surface area contributed by atoms with Crippen molar-refractivity contribution >= 4 is 33.5 Å². The van der Waals surface area contributed by atoms with E-state index in [9.17, 15) is 9.59 Å². The van der Waals surface area contributed by atoms with E-state index in [2.05, 4.69) is 76.2 Å². The van der Waals surface area contributed by atoms with E-state index in [1.165, 1.54) is 85.8 Å². The molecular formula is C46H60O5. The van der Waals surface area contributed by atoms with Crippen LogP contribution < -0.4 is 4.74 Å². The van der Waals surface area contributed by atoms with Gasteiger partial charge in [0, 0.05) is 12.1 Å². The normalized spacial score (nSPS) is 13.0. The van der Waals surface area contributed by atoms with Crippen molar-refractivity contribution in [2.24, 2.45) is 11.8 Å². The third-order valence-corrected chi connectivity index (χ3v) is 10.3. The smallest absolute Gasteiger partial charge is 0.339 e. The van der Waals surface area contributed by atoms with Crippen LogP contribution in [0.2, 0.25) is 0 Å². The fourth-order valence-corrected chi connectivity index (χ4v) is 7.25. The lowest BCUT2D eigenvalue weighted by Gasteiger charge is -2.18. The fourth-order valence-electron chi connectivity index (χ4n) is 7.25. The Morgan fingerprint density at radius 3 is 1.73 bits per heavy atom. The van der Waals surface area contributed by atoms with Crippen LogP contribution in [-0.4, -0.2) is 25.2 Å². The average Bonchev–Trinajstić information content (AvgIpc) is 3.91. The SMILES string of the molecule is CC(C)CCCCCCCOC(=O)c1cc2c(cc1C(=O)OCCCCCCCC(C)C)O2.c1ccc2c(c1)ccc1c3c(ccc12)CCCC3. The van der Waals surface area contributed by atoms with E-state index in [-0.39, 0.29) is 11.1 Å². The van der Waals surface area contributed by atoms with E-state index in [1.54, 1.807) is 23.3 Å². The van der Waals surface area contributed by atoms with Crippen molar-refractivity contribution in [2.75, 3.05) is 13.2 Å². The molecule has 274 valence electrons. The summed E-state index contributed by atoms with van der Waals surface area (Å²) < 4.78 is 16.2. The highest BCUT2D eigenvalue weighted by Gasteiger charge is 2.30. The molecule has 5 heteroatoms. The van der Waals surface area contributed by atoms with Gasteiger partial charge < -0.3 is 14.2 Å². The number of unbranched alkanes of at least 4 members (excludes halogenated alkanes) is 8. The van der Waals surface area contributed by atoms with Gasteiger partial charge in [0.1, 0.15) is 0 Å². The first-order valence-electron chi connectivity index (χ1n) is 19.9. The summed E-state index contributed by atoms with van der Waals surface area (Å²) in [7, 11) is 0. The Balaban J connectivity index is 0.000000231. The second kappa shape index (κ2) is 19.7. The number of esters is 2. The minimum atomic E-state index is -0.481. The third-order valence-electron chi connectivity index (χ3n) is 10.3. The molecule has 5 nitrogen and oxygen atoms in total. The summed E-state index contributed by atoms with van der Waals surface area (Å²) in [5.41, 5.74) is 3.65. The van der Waals surface area contributed by atoms with E-state index in [0.29, 0.717) is 24.7 Å². The zero-order valence-corrected chi connectivity index (χ0v) is 31.7. The summed E-state index contributed by atoms with van der Waals surface area (Å²) in [4.78, 5) is 25.2. The Labute approximate surface area is 306 Å². The molecule has 0 bridgehead atoms. The fraction of sp³-hybridized carbons (Fsp3) is 0.522. The van der Waals surface area contributed by atoms with Crippen LogP contribution in [0.1, 0.15) is 149 Å². The zero-order chi connectivity index (χ0) is 36.0. The van der Waals surface area contributed by atoms with E-state index < -0.39 is 11.9 Å². The van der Waals surface area contributed by atoms with Crippen molar-refractivity contribution < 1.29 is 23.8 Å². The van der Waals surface area contributed by atoms with E-state index in [1.807, 2.05) is 0 Å². The van der Waals surface area contributed by atoms with Crippen LogP contribution >= 0.6 is 0 Å². The van der Waals surface area contributed by atoms with Crippen LogP contribution in [0.5, 0.6) is 11.5 Å². The molecule has 6 rings (SSSR count). The molecule has 51 heavy (non-hydrogen) atoms. The number of ether oxygens (including phenoxy) is 3. The number of hydrogen-bond acceptors (Lipinski definition) is 5. The second-order valence-electron chi connectivity index (χ2n) is 15.4. The highest BCUT2D eigenvalue weighted by Crippen LogP contribution is 2.47. The maximum absolute atomic E-state index is 12.6. The van der Waals surface area contributed by atoms with Crippen LogP contribution in [-0.2, 0) is 22.3 Å². The maximum Gasteiger partial charge on any atom is 0.339 e. The molecule has 0 unspecified atom stereocenters. The molecule has 0 amide bonds. The largest absolute Gasteiger partial charge is 0.462 e. The second-order valence-corrected chi connectivity index (χ2v) is 15.4. The van der Waals surface area contributed by atoms with Gasteiger partial charge in [0.05, 0.1) is 24.3 Å². The van der Waals surface area contributed by atoms with E-state index in [4.69, 9.17) is 14.2 Å². The van der Waals surface area contributed by atoms with Crippen LogP contribution in [0.25, 0.3) is 21.5 Å². The Bertz CT molecular complexity index is 1670. The predicted octanol–water partition coefficient (Wildman–Crippen LogP) is 13.0. The van der Waals surface area contributed by atoms with Crippen LogP contribution in [0.3, 0.4) is 0 Å². The predicted molar refractivity (Wildman–Crippen MR) is 210 cm³/mol. The molecule has 0 saturated carbocycles. The number of rotatable bonds is 18. The molecule has 0 radical (unpaired) electrons. The molecule has 0 atom stereocenters. The lowest BCUT2D eigenvalue weighted by Crippen LogP contribution is -2.14. The molecule has 4 aromatic carbocycles. The summed E-state index contributed by atoms with van der Waals surface area (Å²) >= 11 is 0. The first-order valence-corrected chi connectivity index (χ1v) is 19.9. The molecule has 1 aliphatic heterocycles. The van der Waals surface area contributed by atoms with Gasteiger partial charge in [-0.25, -0.2) is 9.59 Å². The van der Waals surface area contributed by atoms with Crippen molar-refractivity contribution in [1.82, 2.24) is 0 Å². The quantitative estimate of drug-likeness (QED) is 0.0396. The molecule has 4 aromatic rings. The molecule has 0 N–H and O–H groups in total. The van der Waals surface area contributed by atoms with Gasteiger partial charge in [0.25, 0.3) is 0 Å². The van der Waals surface area contributed by atoms with Gasteiger partial charge in [-0.15, -0.1) is 0 Å². The topological polar surface area (TPSA) is 65.1 Å². The highest BCUT2D eigenvalue weighted by molar-refractivity contribution is 6.09. The average molecular weight is 693 g/mol. The zero-order valence-electron chi connectivity index (χ0n) is 31.7. The molecule has 1 heterocycles. The molecule has 0 saturated heterocycles. The van der Waals surface area contributed by atoms with Crippen molar-refractivity contribution in [3.8, 4) is 11.5 Å². The minimum absolute atomic E-state index is 0.238. The monoisotopic (exact) mass is 692 g/mol. The molecule has 2 aliphatic rings. The van der Waals surface area contributed by atoms with Crippen molar-refractivity contribution in [1.29, 1.82) is 0 Å². The first kappa shape index (κ1) is 38.4. The van der Waals surface area contributed by atoms with Crippen LogP contribution in [0.15, 0.2) is 60.7 Å². The Hall–Kier alpha value is -3.86. The Kier molecular flexibility index (Phi) is 14.8. The van der Waals surface area contributed by atoms with Crippen molar-refractivity contribution in [3.05, 3.63) is 82.9 Å². The summed E-state index contributed by atoms with van der Waals surface area (Å²) in [6, 6.07) is 21.2. The molecular weight excluding hydrogens is 633 g/mol. The Morgan fingerprint density at radius 2 is 1.12 bits per heavy atom. The van der Waals surface area contributed by atoms with Gasteiger partial charge in [-0.3, -0.25) is 0 Å². The maximum atomic E-state index is 12.6. The number of benzene rings is 4. The van der Waals surface area contributed by atoms with Gasteiger partial charge in [-0.05, 0) is 83.0 Å². The van der Waals surface area contributed by atoms with E-state index in [0.717, 1.165) is 50.4 Å².